The van der Waals surface area contributed by atoms with Crippen molar-refractivity contribution < 1.29 is 33.8 Å². The molecule has 1 atom stereocenters. The number of esters is 1. The van der Waals surface area contributed by atoms with E-state index in [1.165, 1.54) is 30.3 Å². The molecule has 0 aliphatic carbocycles. The SMILES string of the molecule is C=CCOC(=O)c1sc(N2C(=O)C(O)=C(C(=O)c3cc4ccccc4o3)C2c2ccc(O)cc2)nc1C. The standard InChI is InChI=1S/C27H20N2O7S/c1-3-12-35-26(34)24-14(2)28-27(37-24)29-21(15-8-10-17(30)11-9-15)20(23(32)25(29)33)22(31)19-13-16-6-4-5-7-18(16)36-19/h3-11,13,21,30,32H,1,12H2,2H3. The van der Waals surface area contributed by atoms with Crippen LogP contribution in [0.15, 0.2) is 83.0 Å². The summed E-state index contributed by atoms with van der Waals surface area (Å²) < 4.78 is 10.8. The van der Waals surface area contributed by atoms with Crippen LogP contribution < -0.4 is 4.90 Å². The van der Waals surface area contributed by atoms with Gasteiger partial charge in [0.2, 0.25) is 5.78 Å². The number of aliphatic hydroxyl groups excluding tert-OH is 1. The molecule has 186 valence electrons. The summed E-state index contributed by atoms with van der Waals surface area (Å²) >= 11 is 0.899. The number of anilines is 1. The monoisotopic (exact) mass is 516 g/mol. The fraction of sp³-hybridized carbons (Fsp3) is 0.111. The molecule has 1 unspecified atom stereocenters. The van der Waals surface area contributed by atoms with Crippen LogP contribution >= 0.6 is 11.3 Å². The molecular weight excluding hydrogens is 496 g/mol. The van der Waals surface area contributed by atoms with Crippen molar-refractivity contribution in [1.29, 1.82) is 0 Å². The third kappa shape index (κ3) is 4.17. The maximum atomic E-state index is 13.7. The summed E-state index contributed by atoms with van der Waals surface area (Å²) in [7, 11) is 0. The lowest BCUT2D eigenvalue weighted by molar-refractivity contribution is -0.117. The lowest BCUT2D eigenvalue weighted by Gasteiger charge is -2.24. The Labute approximate surface area is 214 Å². The predicted molar refractivity (Wildman–Crippen MR) is 136 cm³/mol. The average Bonchev–Trinajstić information content (AvgIpc) is 3.57. The topological polar surface area (TPSA) is 130 Å². The van der Waals surface area contributed by atoms with Crippen molar-refractivity contribution in [3.63, 3.8) is 0 Å². The number of rotatable bonds is 7. The Balaban J connectivity index is 1.61. The van der Waals surface area contributed by atoms with Gasteiger partial charge in [0.1, 0.15) is 22.8 Å². The molecule has 2 N–H and O–H groups in total. The Hall–Kier alpha value is -4.70. The number of aromatic nitrogens is 1. The molecule has 0 radical (unpaired) electrons. The number of Topliss-reactive ketones (excluding diaryl/α,β-unsaturated/α-hetero) is 1. The van der Waals surface area contributed by atoms with Crippen LogP contribution in [0.25, 0.3) is 11.0 Å². The summed E-state index contributed by atoms with van der Waals surface area (Å²) in [5.41, 5.74) is 1.02. The van der Waals surface area contributed by atoms with E-state index in [-0.39, 0.29) is 33.7 Å². The maximum absolute atomic E-state index is 13.7. The van der Waals surface area contributed by atoms with E-state index in [9.17, 15) is 24.6 Å². The van der Waals surface area contributed by atoms with Crippen molar-refractivity contribution >= 4 is 45.1 Å². The first-order chi connectivity index (χ1) is 17.8. The number of aryl methyl sites for hydroxylation is 1. The zero-order valence-corrected chi connectivity index (χ0v) is 20.3. The minimum absolute atomic E-state index is 0.00276. The number of hydrogen-bond acceptors (Lipinski definition) is 9. The number of ketones is 1. The number of aliphatic hydroxyl groups is 1. The summed E-state index contributed by atoms with van der Waals surface area (Å²) in [6.45, 7) is 5.11. The van der Waals surface area contributed by atoms with E-state index < -0.39 is 29.5 Å². The van der Waals surface area contributed by atoms with E-state index in [1.807, 2.05) is 0 Å². The first-order valence-corrected chi connectivity index (χ1v) is 12.0. The molecule has 0 fully saturated rings. The van der Waals surface area contributed by atoms with E-state index in [0.717, 1.165) is 16.2 Å². The van der Waals surface area contributed by atoms with Crippen LogP contribution in [0, 0.1) is 6.92 Å². The summed E-state index contributed by atoms with van der Waals surface area (Å²) in [6, 6.07) is 13.4. The molecule has 9 nitrogen and oxygen atoms in total. The van der Waals surface area contributed by atoms with Crippen molar-refractivity contribution in [2.75, 3.05) is 11.5 Å². The highest BCUT2D eigenvalue weighted by atomic mass is 32.1. The van der Waals surface area contributed by atoms with E-state index in [2.05, 4.69) is 11.6 Å². The Bertz CT molecular complexity index is 1560. The minimum atomic E-state index is -1.10. The number of phenols is 1. The number of amides is 1. The van der Waals surface area contributed by atoms with Crippen molar-refractivity contribution in [3.8, 4) is 5.75 Å². The van der Waals surface area contributed by atoms with Gasteiger partial charge in [-0.15, -0.1) is 0 Å². The van der Waals surface area contributed by atoms with Gasteiger partial charge in [0.25, 0.3) is 5.91 Å². The summed E-state index contributed by atoms with van der Waals surface area (Å²) in [5.74, 6) is -3.00. The van der Waals surface area contributed by atoms with Crippen LogP contribution in [0.4, 0.5) is 5.13 Å². The van der Waals surface area contributed by atoms with E-state index in [4.69, 9.17) is 9.15 Å². The van der Waals surface area contributed by atoms with Gasteiger partial charge in [-0.25, -0.2) is 9.78 Å². The lowest BCUT2D eigenvalue weighted by atomic mass is 9.95. The normalized spacial score (nSPS) is 15.4. The van der Waals surface area contributed by atoms with Crippen molar-refractivity contribution in [2.45, 2.75) is 13.0 Å². The minimum Gasteiger partial charge on any atom is -0.508 e. The van der Waals surface area contributed by atoms with Gasteiger partial charge >= 0.3 is 5.97 Å². The zero-order chi connectivity index (χ0) is 26.3. The first kappa shape index (κ1) is 24.0. The van der Waals surface area contributed by atoms with Gasteiger partial charge < -0.3 is 19.4 Å². The molecule has 2 aromatic heterocycles. The van der Waals surface area contributed by atoms with Crippen LogP contribution in [0.2, 0.25) is 0 Å². The quantitative estimate of drug-likeness (QED) is 0.199. The molecule has 0 bridgehead atoms. The van der Waals surface area contributed by atoms with Crippen molar-refractivity contribution in [3.05, 3.63) is 100 Å². The smallest absolute Gasteiger partial charge is 0.350 e. The fourth-order valence-corrected chi connectivity index (χ4v) is 5.10. The molecule has 4 aromatic rings. The number of carbonyl (C=O) groups excluding carboxylic acids is 3. The van der Waals surface area contributed by atoms with E-state index in [1.54, 1.807) is 37.3 Å². The lowest BCUT2D eigenvalue weighted by Crippen LogP contribution is -2.31. The summed E-state index contributed by atoms with van der Waals surface area (Å²) in [5, 5.41) is 21.5. The number of furan rings is 1. The van der Waals surface area contributed by atoms with Crippen LogP contribution in [-0.2, 0) is 9.53 Å². The number of nitrogens with zero attached hydrogens (tertiary/aromatic N) is 2. The maximum Gasteiger partial charge on any atom is 0.350 e. The second kappa shape index (κ2) is 9.40. The Morgan fingerprint density at radius 1 is 1.19 bits per heavy atom. The third-order valence-corrected chi connectivity index (χ3v) is 6.96. The number of fused-ring (bicyclic) bond motifs is 1. The van der Waals surface area contributed by atoms with Gasteiger partial charge in [-0.2, -0.15) is 0 Å². The highest BCUT2D eigenvalue weighted by molar-refractivity contribution is 7.17. The Morgan fingerprint density at radius 2 is 1.92 bits per heavy atom. The van der Waals surface area contributed by atoms with Crippen LogP contribution in [0.5, 0.6) is 5.75 Å². The van der Waals surface area contributed by atoms with Crippen LogP contribution in [-0.4, -0.2) is 39.5 Å². The number of para-hydroxylation sites is 1. The van der Waals surface area contributed by atoms with Crippen LogP contribution in [0.3, 0.4) is 0 Å². The molecule has 0 spiro atoms. The number of hydrogen-bond donors (Lipinski definition) is 2. The highest BCUT2D eigenvalue weighted by Gasteiger charge is 2.47. The molecule has 37 heavy (non-hydrogen) atoms. The first-order valence-electron chi connectivity index (χ1n) is 11.1. The second-order valence-corrected chi connectivity index (χ2v) is 9.18. The molecule has 1 aliphatic rings. The van der Waals surface area contributed by atoms with Gasteiger partial charge in [0.05, 0.1) is 17.3 Å². The number of ether oxygens (including phenoxy) is 1. The van der Waals surface area contributed by atoms with Crippen LogP contribution in [0.1, 0.15) is 37.5 Å². The molecular formula is C27H20N2O7S. The predicted octanol–water partition coefficient (Wildman–Crippen LogP) is 5.03. The number of carbonyl (C=O) groups is 3. The van der Waals surface area contributed by atoms with Gasteiger partial charge in [-0.3, -0.25) is 14.5 Å². The molecule has 0 saturated heterocycles. The second-order valence-electron chi connectivity index (χ2n) is 8.21. The third-order valence-electron chi connectivity index (χ3n) is 5.82. The van der Waals surface area contributed by atoms with Gasteiger partial charge in [-0.1, -0.05) is 54.3 Å². The van der Waals surface area contributed by atoms with Crippen molar-refractivity contribution in [2.24, 2.45) is 0 Å². The van der Waals surface area contributed by atoms with E-state index in [0.29, 0.717) is 22.2 Å². The number of aromatic hydroxyl groups is 1. The summed E-state index contributed by atoms with van der Waals surface area (Å²) in [4.78, 5) is 45.2. The number of phenolic OH excluding ortho intramolecular Hbond substituents is 1. The zero-order valence-electron chi connectivity index (χ0n) is 19.5. The molecule has 0 saturated carbocycles. The van der Waals surface area contributed by atoms with Crippen molar-refractivity contribution in [1.82, 2.24) is 4.98 Å². The fourth-order valence-electron chi connectivity index (χ4n) is 4.11. The molecule has 3 heterocycles. The van der Waals surface area contributed by atoms with Gasteiger partial charge in [0, 0.05) is 5.39 Å². The van der Waals surface area contributed by atoms with Gasteiger partial charge in [-0.05, 0) is 36.8 Å². The molecule has 5 rings (SSSR count). The summed E-state index contributed by atoms with van der Waals surface area (Å²) in [6.07, 6.45) is 1.43. The highest BCUT2D eigenvalue weighted by Crippen LogP contribution is 2.44. The molecule has 2 aromatic carbocycles. The Morgan fingerprint density at radius 3 is 2.62 bits per heavy atom. The number of thiazole rings is 1. The van der Waals surface area contributed by atoms with E-state index >= 15 is 0 Å². The molecule has 1 amide bonds. The largest absolute Gasteiger partial charge is 0.508 e. The average molecular weight is 517 g/mol. The van der Waals surface area contributed by atoms with Gasteiger partial charge in [0.15, 0.2) is 16.7 Å². The molecule has 1 aliphatic heterocycles. The Kier molecular flexibility index (Phi) is 6.10. The number of benzene rings is 2. The molecule has 10 heteroatoms.